The Morgan fingerprint density at radius 1 is 1.06 bits per heavy atom. The number of aliphatic hydroxyl groups is 1. The molecule has 31 heavy (non-hydrogen) atoms. The van der Waals surface area contributed by atoms with Crippen molar-refractivity contribution in [2.45, 2.75) is 12.5 Å². The number of carbonyl (C=O) groups is 2. The number of rotatable bonds is 8. The van der Waals surface area contributed by atoms with E-state index in [0.29, 0.717) is 30.1 Å². The molecular weight excluding hydrogens is 422 g/mol. The van der Waals surface area contributed by atoms with Gasteiger partial charge < -0.3 is 24.2 Å². The summed E-state index contributed by atoms with van der Waals surface area (Å²) < 4.78 is 15.6. The van der Waals surface area contributed by atoms with E-state index in [1.54, 1.807) is 43.5 Å². The van der Waals surface area contributed by atoms with Crippen LogP contribution in [0.15, 0.2) is 48.0 Å². The molecule has 0 spiro atoms. The highest BCUT2D eigenvalue weighted by Crippen LogP contribution is 2.41. The number of ether oxygens (including phenoxy) is 3. The van der Waals surface area contributed by atoms with Crippen molar-refractivity contribution in [1.29, 1.82) is 0 Å². The summed E-state index contributed by atoms with van der Waals surface area (Å²) in [5, 5.41) is 11.4. The van der Waals surface area contributed by atoms with Crippen LogP contribution in [0.2, 0.25) is 5.02 Å². The molecule has 1 N–H and O–H groups in total. The second-order valence-corrected chi connectivity index (χ2v) is 7.37. The SMILES string of the molecule is COCCCN1C(=O)C(=O)/C(=C(/O)c2cc(OC)ccc2Cl)C1c1cccc(OC)c1. The zero-order valence-corrected chi connectivity index (χ0v) is 18.3. The molecule has 1 atom stereocenters. The molecular formula is C23H24ClNO6. The zero-order chi connectivity index (χ0) is 22.5. The van der Waals surface area contributed by atoms with Crippen molar-refractivity contribution in [3.05, 3.63) is 64.2 Å². The fraction of sp³-hybridized carbons (Fsp3) is 0.304. The minimum Gasteiger partial charge on any atom is -0.507 e. The molecule has 1 aliphatic rings. The average molecular weight is 446 g/mol. The normalized spacial score (nSPS) is 17.8. The maximum absolute atomic E-state index is 13.0. The lowest BCUT2D eigenvalue weighted by Gasteiger charge is -2.25. The molecule has 1 aliphatic heterocycles. The van der Waals surface area contributed by atoms with E-state index < -0.39 is 17.7 Å². The van der Waals surface area contributed by atoms with E-state index in [1.807, 2.05) is 0 Å². The largest absolute Gasteiger partial charge is 0.507 e. The maximum atomic E-state index is 13.0. The predicted octanol–water partition coefficient (Wildman–Crippen LogP) is 3.82. The van der Waals surface area contributed by atoms with Crippen LogP contribution in [-0.2, 0) is 14.3 Å². The predicted molar refractivity (Wildman–Crippen MR) is 117 cm³/mol. The highest BCUT2D eigenvalue weighted by Gasteiger charge is 2.46. The molecule has 1 heterocycles. The Hall–Kier alpha value is -3.03. The molecule has 0 aromatic heterocycles. The van der Waals surface area contributed by atoms with Crippen LogP contribution in [0.4, 0.5) is 0 Å². The van der Waals surface area contributed by atoms with Gasteiger partial charge in [-0.25, -0.2) is 0 Å². The van der Waals surface area contributed by atoms with Crippen molar-refractivity contribution in [2.24, 2.45) is 0 Å². The van der Waals surface area contributed by atoms with E-state index in [-0.39, 0.29) is 28.5 Å². The standard InChI is InChI=1S/C23H24ClNO6/c1-29-11-5-10-25-20(14-6-4-7-15(12-14)30-2)19(22(27)23(25)28)21(26)17-13-16(31-3)8-9-18(17)24/h4,6-9,12-13,20,26H,5,10-11H2,1-3H3/b21-19+. The minimum atomic E-state index is -0.797. The quantitative estimate of drug-likeness (QED) is 0.288. The fourth-order valence-corrected chi connectivity index (χ4v) is 3.81. The number of amides is 1. The monoisotopic (exact) mass is 445 g/mol. The van der Waals surface area contributed by atoms with Crippen molar-refractivity contribution in [3.63, 3.8) is 0 Å². The summed E-state index contributed by atoms with van der Waals surface area (Å²) >= 11 is 6.29. The summed E-state index contributed by atoms with van der Waals surface area (Å²) in [5.41, 5.74) is 0.811. The second kappa shape index (κ2) is 9.85. The Morgan fingerprint density at radius 3 is 2.45 bits per heavy atom. The molecule has 2 aromatic rings. The number of hydrogen-bond donors (Lipinski definition) is 1. The molecule has 2 aromatic carbocycles. The van der Waals surface area contributed by atoms with Gasteiger partial charge in [0.1, 0.15) is 17.3 Å². The molecule has 7 nitrogen and oxygen atoms in total. The van der Waals surface area contributed by atoms with Gasteiger partial charge in [-0.2, -0.15) is 0 Å². The summed E-state index contributed by atoms with van der Waals surface area (Å²) in [6.45, 7) is 0.707. The molecule has 0 aliphatic carbocycles. The lowest BCUT2D eigenvalue weighted by atomic mass is 9.95. The van der Waals surface area contributed by atoms with Gasteiger partial charge in [0.2, 0.25) is 0 Å². The van der Waals surface area contributed by atoms with E-state index >= 15 is 0 Å². The van der Waals surface area contributed by atoms with Crippen molar-refractivity contribution in [2.75, 3.05) is 34.5 Å². The summed E-state index contributed by atoms with van der Waals surface area (Å²) in [6.07, 6.45) is 0.532. The Bertz CT molecular complexity index is 1020. The number of benzene rings is 2. The number of carbonyl (C=O) groups excluding carboxylic acids is 2. The third-order valence-corrected chi connectivity index (χ3v) is 5.46. The Morgan fingerprint density at radius 2 is 1.77 bits per heavy atom. The number of Topliss-reactive ketones (excluding diaryl/α,β-unsaturated/α-hetero) is 1. The number of likely N-dealkylation sites (tertiary alicyclic amines) is 1. The molecule has 3 rings (SSSR count). The van der Waals surface area contributed by atoms with Gasteiger partial charge in [0, 0.05) is 25.8 Å². The molecule has 1 fully saturated rings. The van der Waals surface area contributed by atoms with E-state index in [4.69, 9.17) is 25.8 Å². The van der Waals surface area contributed by atoms with E-state index in [1.165, 1.54) is 25.2 Å². The van der Waals surface area contributed by atoms with Crippen LogP contribution >= 0.6 is 11.6 Å². The molecule has 0 saturated carbocycles. The highest BCUT2D eigenvalue weighted by atomic mass is 35.5. The molecule has 1 saturated heterocycles. The van der Waals surface area contributed by atoms with Crippen LogP contribution in [-0.4, -0.2) is 56.2 Å². The van der Waals surface area contributed by atoms with Gasteiger partial charge in [0.05, 0.1) is 30.9 Å². The highest BCUT2D eigenvalue weighted by molar-refractivity contribution is 6.47. The van der Waals surface area contributed by atoms with Crippen molar-refractivity contribution < 1.29 is 28.9 Å². The number of ketones is 1. The molecule has 0 radical (unpaired) electrons. The third kappa shape index (κ3) is 4.52. The summed E-state index contributed by atoms with van der Waals surface area (Å²) in [6, 6.07) is 11.0. The number of halogens is 1. The van der Waals surface area contributed by atoms with E-state index in [2.05, 4.69) is 0 Å². The van der Waals surface area contributed by atoms with Crippen LogP contribution in [0, 0.1) is 0 Å². The first-order valence-corrected chi connectivity index (χ1v) is 10.1. The first-order valence-electron chi connectivity index (χ1n) is 9.68. The van der Waals surface area contributed by atoms with Gasteiger partial charge in [-0.3, -0.25) is 9.59 Å². The first-order chi connectivity index (χ1) is 14.9. The molecule has 1 unspecified atom stereocenters. The number of nitrogens with zero attached hydrogens (tertiary/aromatic N) is 1. The smallest absolute Gasteiger partial charge is 0.295 e. The number of aliphatic hydroxyl groups excluding tert-OH is 1. The Labute approximate surface area is 185 Å². The van der Waals surface area contributed by atoms with Crippen LogP contribution in [0.3, 0.4) is 0 Å². The van der Waals surface area contributed by atoms with Gasteiger partial charge in [-0.05, 0) is 42.3 Å². The minimum absolute atomic E-state index is 0.0363. The van der Waals surface area contributed by atoms with E-state index in [0.717, 1.165) is 0 Å². The van der Waals surface area contributed by atoms with Gasteiger partial charge >= 0.3 is 0 Å². The van der Waals surface area contributed by atoms with Crippen LogP contribution in [0.1, 0.15) is 23.6 Å². The molecule has 1 amide bonds. The van der Waals surface area contributed by atoms with Gasteiger partial charge in [-0.15, -0.1) is 0 Å². The fourth-order valence-electron chi connectivity index (χ4n) is 3.61. The second-order valence-electron chi connectivity index (χ2n) is 6.96. The Kier molecular flexibility index (Phi) is 7.20. The van der Waals surface area contributed by atoms with Crippen LogP contribution in [0.5, 0.6) is 11.5 Å². The molecule has 8 heteroatoms. The third-order valence-electron chi connectivity index (χ3n) is 5.13. The lowest BCUT2D eigenvalue weighted by Crippen LogP contribution is -2.31. The van der Waals surface area contributed by atoms with Crippen molar-refractivity contribution in [3.8, 4) is 11.5 Å². The van der Waals surface area contributed by atoms with Gasteiger partial charge in [0.15, 0.2) is 0 Å². The summed E-state index contributed by atoms with van der Waals surface area (Å²) in [5.74, 6) is -0.798. The van der Waals surface area contributed by atoms with Crippen molar-refractivity contribution >= 4 is 29.1 Å². The zero-order valence-electron chi connectivity index (χ0n) is 17.6. The van der Waals surface area contributed by atoms with Crippen molar-refractivity contribution in [1.82, 2.24) is 4.90 Å². The molecule has 0 bridgehead atoms. The maximum Gasteiger partial charge on any atom is 0.295 e. The van der Waals surface area contributed by atoms with Crippen LogP contribution < -0.4 is 9.47 Å². The lowest BCUT2D eigenvalue weighted by molar-refractivity contribution is -0.140. The Balaban J connectivity index is 2.18. The van der Waals surface area contributed by atoms with Crippen LogP contribution in [0.25, 0.3) is 5.76 Å². The summed E-state index contributed by atoms with van der Waals surface area (Å²) in [4.78, 5) is 27.4. The van der Waals surface area contributed by atoms with E-state index in [9.17, 15) is 14.7 Å². The van der Waals surface area contributed by atoms with Gasteiger partial charge in [0.25, 0.3) is 11.7 Å². The first kappa shape index (κ1) is 22.7. The van der Waals surface area contributed by atoms with Gasteiger partial charge in [-0.1, -0.05) is 23.7 Å². The molecule has 164 valence electrons. The number of hydrogen-bond acceptors (Lipinski definition) is 6. The topological polar surface area (TPSA) is 85.3 Å². The number of methoxy groups -OCH3 is 3. The average Bonchev–Trinajstić information content (AvgIpc) is 3.04. The summed E-state index contributed by atoms with van der Waals surface area (Å²) in [7, 11) is 4.58.